The third-order valence-corrected chi connectivity index (χ3v) is 4.18. The molecule has 9 nitrogen and oxygen atoms in total. The molecule has 2 aromatic carbocycles. The summed E-state index contributed by atoms with van der Waals surface area (Å²) in [7, 11) is 1.47. The molecule has 0 aliphatic carbocycles. The van der Waals surface area contributed by atoms with Crippen LogP contribution >= 0.6 is 35.6 Å². The number of halogens is 3. The van der Waals surface area contributed by atoms with Crippen LogP contribution in [0.2, 0.25) is 10.0 Å². The minimum Gasteiger partial charge on any atom is -0.481 e. The highest BCUT2D eigenvalue weighted by Gasteiger charge is 2.06. The van der Waals surface area contributed by atoms with Gasteiger partial charge in [-0.3, -0.25) is 15.3 Å². The van der Waals surface area contributed by atoms with Crippen molar-refractivity contribution in [2.75, 3.05) is 13.7 Å². The standard InChI is InChI=1S/C10H7ClN4.C8H8ClNO.C4H6N2O.ClH/c1-12-6-9-13-10(15-14-9)7-2-4-8(11)5-3-7;1-11-8(10)6-2-4-7(9)5-3-6;5-2-1-4(7)3-6;/h2-5H,6H2,(H,13,14,15);2-5,10H,1H3;1,3,6H2;1H. The first-order valence-electron chi connectivity index (χ1n) is 9.32. The van der Waals surface area contributed by atoms with Gasteiger partial charge < -0.3 is 15.3 Å². The van der Waals surface area contributed by atoms with Gasteiger partial charge in [0.05, 0.1) is 26.1 Å². The van der Waals surface area contributed by atoms with E-state index in [-0.39, 0.29) is 43.6 Å². The minimum atomic E-state index is -0.206. The van der Waals surface area contributed by atoms with E-state index in [0.29, 0.717) is 21.7 Å². The molecule has 3 rings (SSSR count). The lowest BCUT2D eigenvalue weighted by Crippen LogP contribution is -2.11. The lowest BCUT2D eigenvalue weighted by molar-refractivity contribution is -0.116. The second-order valence-electron chi connectivity index (χ2n) is 6.05. The Labute approximate surface area is 213 Å². The fourth-order valence-electron chi connectivity index (χ4n) is 2.05. The third kappa shape index (κ3) is 11.4. The van der Waals surface area contributed by atoms with Gasteiger partial charge in [-0.1, -0.05) is 23.2 Å². The smallest absolute Gasteiger partial charge is 0.272 e. The SMILES string of the molecule is COC(=N)c1ccc(Cl)cc1.Cl.N#CCC(=O)CN.[C-]#[N+]Cc1nc(-c2ccc(Cl)cc2)n[nH]1. The molecule has 0 amide bonds. The highest BCUT2D eigenvalue weighted by Crippen LogP contribution is 2.17. The Balaban J connectivity index is 0.000000509. The highest BCUT2D eigenvalue weighted by molar-refractivity contribution is 6.30. The molecule has 0 spiro atoms. The quantitative estimate of drug-likeness (QED) is 0.251. The van der Waals surface area contributed by atoms with Crippen LogP contribution in [0.1, 0.15) is 17.8 Å². The number of hydrogen-bond donors (Lipinski definition) is 3. The number of nitriles is 1. The van der Waals surface area contributed by atoms with Crippen molar-refractivity contribution in [1.29, 1.82) is 10.7 Å². The maximum absolute atomic E-state index is 10.1. The Bertz CT molecular complexity index is 1120. The first kappa shape index (κ1) is 30.5. The molecule has 178 valence electrons. The Morgan fingerprint density at radius 2 is 1.76 bits per heavy atom. The summed E-state index contributed by atoms with van der Waals surface area (Å²) in [6.45, 7) is 6.90. The molecule has 0 bridgehead atoms. The highest BCUT2D eigenvalue weighted by atomic mass is 35.5. The molecule has 0 saturated carbocycles. The van der Waals surface area contributed by atoms with E-state index < -0.39 is 0 Å². The predicted molar refractivity (Wildman–Crippen MR) is 134 cm³/mol. The van der Waals surface area contributed by atoms with E-state index >= 15 is 0 Å². The van der Waals surface area contributed by atoms with Gasteiger partial charge in [-0.15, -0.1) is 12.4 Å². The number of carbonyl (C=O) groups is 1. The summed E-state index contributed by atoms with van der Waals surface area (Å²) in [6, 6.07) is 15.9. The van der Waals surface area contributed by atoms with Gasteiger partial charge in [0, 0.05) is 21.2 Å². The first-order valence-corrected chi connectivity index (χ1v) is 10.1. The average molecular weight is 523 g/mol. The Morgan fingerprint density at radius 3 is 2.21 bits per heavy atom. The number of hydrogen-bond acceptors (Lipinski definition) is 7. The molecule has 0 aliphatic heterocycles. The Hall–Kier alpha value is -3.47. The van der Waals surface area contributed by atoms with E-state index in [1.54, 1.807) is 42.5 Å². The van der Waals surface area contributed by atoms with Crippen molar-refractivity contribution in [3.05, 3.63) is 81.4 Å². The van der Waals surface area contributed by atoms with Gasteiger partial charge in [-0.2, -0.15) is 10.4 Å². The number of nitrogens with zero attached hydrogens (tertiary/aromatic N) is 4. The molecule has 12 heteroatoms. The van der Waals surface area contributed by atoms with Gasteiger partial charge in [0.25, 0.3) is 6.54 Å². The van der Waals surface area contributed by atoms with Crippen LogP contribution in [-0.2, 0) is 16.1 Å². The monoisotopic (exact) mass is 521 g/mol. The molecule has 0 aliphatic rings. The lowest BCUT2D eigenvalue weighted by Gasteiger charge is -2.00. The molecule has 0 fully saturated rings. The zero-order valence-corrected chi connectivity index (χ0v) is 20.4. The summed E-state index contributed by atoms with van der Waals surface area (Å²) < 4.78 is 4.72. The summed E-state index contributed by atoms with van der Waals surface area (Å²) in [5.74, 6) is 1.12. The molecule has 34 heavy (non-hydrogen) atoms. The topological polar surface area (TPSA) is 146 Å². The summed E-state index contributed by atoms with van der Waals surface area (Å²) in [5, 5.41) is 23.2. The second kappa shape index (κ2) is 17.1. The number of carbonyl (C=O) groups excluding carboxylic acids is 1. The molecule has 1 heterocycles. The van der Waals surface area contributed by atoms with Gasteiger partial charge >= 0.3 is 0 Å². The van der Waals surface area contributed by atoms with Gasteiger partial charge in [0.2, 0.25) is 11.7 Å². The molecular formula is C22H22Cl3N7O2. The van der Waals surface area contributed by atoms with E-state index in [1.165, 1.54) is 7.11 Å². The fraction of sp³-hybridized carbons (Fsp3) is 0.182. The summed E-state index contributed by atoms with van der Waals surface area (Å²) in [6.07, 6.45) is -0.0590. The van der Waals surface area contributed by atoms with Crippen molar-refractivity contribution in [3.63, 3.8) is 0 Å². The Morgan fingerprint density at radius 1 is 1.21 bits per heavy atom. The van der Waals surface area contributed by atoms with Crippen LogP contribution in [0.5, 0.6) is 0 Å². The minimum absolute atomic E-state index is 0. The summed E-state index contributed by atoms with van der Waals surface area (Å²) in [4.78, 5) is 17.5. The number of nitrogens with one attached hydrogen (secondary N) is 2. The first-order chi connectivity index (χ1) is 15.8. The summed E-state index contributed by atoms with van der Waals surface area (Å²) >= 11 is 11.4. The largest absolute Gasteiger partial charge is 0.481 e. The van der Waals surface area contributed by atoms with Crippen LogP contribution in [-0.4, -0.2) is 40.5 Å². The number of ketones is 1. The van der Waals surface area contributed by atoms with Crippen LogP contribution in [0.4, 0.5) is 0 Å². The van der Waals surface area contributed by atoms with Crippen molar-refractivity contribution < 1.29 is 9.53 Å². The lowest BCUT2D eigenvalue weighted by atomic mass is 10.2. The van der Waals surface area contributed by atoms with Gasteiger partial charge in [-0.25, -0.2) is 11.6 Å². The normalized spacial score (nSPS) is 8.88. The van der Waals surface area contributed by atoms with Crippen LogP contribution in [0, 0.1) is 23.3 Å². The average Bonchev–Trinajstić information content (AvgIpc) is 3.29. The molecular weight excluding hydrogens is 501 g/mol. The third-order valence-electron chi connectivity index (χ3n) is 3.68. The zero-order valence-electron chi connectivity index (χ0n) is 18.1. The molecule has 4 N–H and O–H groups in total. The number of aromatic nitrogens is 3. The fourth-order valence-corrected chi connectivity index (χ4v) is 2.30. The van der Waals surface area contributed by atoms with Crippen molar-refractivity contribution >= 4 is 47.3 Å². The van der Waals surface area contributed by atoms with Crippen LogP contribution in [0.15, 0.2) is 48.5 Å². The molecule has 0 unspecified atom stereocenters. The molecule has 0 atom stereocenters. The van der Waals surface area contributed by atoms with Crippen molar-refractivity contribution in [3.8, 4) is 17.5 Å². The zero-order chi connectivity index (χ0) is 24.6. The molecule has 3 aromatic rings. The molecule has 0 saturated heterocycles. The van der Waals surface area contributed by atoms with E-state index in [9.17, 15) is 4.79 Å². The molecule has 1 aromatic heterocycles. The predicted octanol–water partition coefficient (Wildman–Crippen LogP) is 4.71. The van der Waals surface area contributed by atoms with Gasteiger partial charge in [-0.05, 0) is 48.5 Å². The number of rotatable bonds is 5. The number of nitrogens with two attached hydrogens (primary N) is 1. The van der Waals surface area contributed by atoms with Gasteiger partial charge in [0.15, 0.2) is 11.6 Å². The van der Waals surface area contributed by atoms with Crippen LogP contribution in [0.3, 0.4) is 0 Å². The number of methoxy groups -OCH3 is 1. The number of benzene rings is 2. The second-order valence-corrected chi connectivity index (χ2v) is 6.92. The molecule has 0 radical (unpaired) electrons. The van der Waals surface area contributed by atoms with Crippen LogP contribution in [0.25, 0.3) is 16.2 Å². The van der Waals surface area contributed by atoms with Crippen molar-refractivity contribution in [1.82, 2.24) is 15.2 Å². The maximum Gasteiger partial charge on any atom is 0.272 e. The maximum atomic E-state index is 10.1. The van der Waals surface area contributed by atoms with Crippen molar-refractivity contribution in [2.24, 2.45) is 5.73 Å². The Kier molecular flexibility index (Phi) is 15.3. The van der Waals surface area contributed by atoms with E-state index in [0.717, 1.165) is 11.1 Å². The van der Waals surface area contributed by atoms with E-state index in [1.807, 2.05) is 12.1 Å². The number of Topliss-reactive ketones (excluding diaryl/α,β-unsaturated/α-hetero) is 1. The number of aromatic amines is 1. The van der Waals surface area contributed by atoms with Gasteiger partial charge in [0.1, 0.15) is 0 Å². The van der Waals surface area contributed by atoms with Crippen LogP contribution < -0.4 is 5.73 Å². The van der Waals surface area contributed by atoms with E-state index in [4.69, 9.17) is 50.9 Å². The summed E-state index contributed by atoms with van der Waals surface area (Å²) in [5.41, 5.74) is 6.47. The number of ether oxygens (including phenoxy) is 1. The van der Waals surface area contributed by atoms with Crippen molar-refractivity contribution in [2.45, 2.75) is 13.0 Å². The number of H-pyrrole nitrogens is 1. The van der Waals surface area contributed by atoms with E-state index in [2.05, 4.69) is 20.0 Å².